The highest BCUT2D eigenvalue weighted by Gasteiger charge is 2.15. The van der Waals surface area contributed by atoms with Crippen molar-refractivity contribution in [2.75, 3.05) is 0 Å². The summed E-state index contributed by atoms with van der Waals surface area (Å²) in [4.78, 5) is 0. The number of benzene rings is 3. The van der Waals surface area contributed by atoms with Gasteiger partial charge >= 0.3 is 0 Å². The van der Waals surface area contributed by atoms with Crippen molar-refractivity contribution in [3.05, 3.63) is 88.8 Å². The van der Waals surface area contributed by atoms with Crippen molar-refractivity contribution in [1.29, 1.82) is 0 Å². The molecule has 0 spiro atoms. The molecule has 3 rings (SSSR count). The number of hydrogen-bond donors (Lipinski definition) is 0. The van der Waals surface area contributed by atoms with Crippen LogP contribution in [0.2, 0.25) is 0 Å². The Kier molecular flexibility index (Phi) is 5.97. The van der Waals surface area contributed by atoms with E-state index in [0.29, 0.717) is 18.4 Å². The van der Waals surface area contributed by atoms with Crippen LogP contribution in [0.15, 0.2) is 48.6 Å². The van der Waals surface area contributed by atoms with Gasteiger partial charge in [0, 0.05) is 5.39 Å². The Hall–Kier alpha value is -2.89. The zero-order chi connectivity index (χ0) is 20.3. The standard InChI is InChI=1S/C22H17F5O/c1-2-3-4-5-13-8-18(23)17(19(24)9-13)12-28-15-6-7-16-14(10-15)11-20(25)22(27)21(16)26/h2-3,6-11H,4-5,12H2,1H3/b3-2+. The summed E-state index contributed by atoms with van der Waals surface area (Å²) in [5.74, 6) is -5.49. The van der Waals surface area contributed by atoms with Gasteiger partial charge in [0.15, 0.2) is 17.5 Å². The van der Waals surface area contributed by atoms with Gasteiger partial charge in [-0.3, -0.25) is 0 Å². The van der Waals surface area contributed by atoms with Gasteiger partial charge in [0.25, 0.3) is 0 Å². The summed E-state index contributed by atoms with van der Waals surface area (Å²) >= 11 is 0. The molecule has 28 heavy (non-hydrogen) atoms. The second kappa shape index (κ2) is 8.42. The molecule has 0 unspecified atom stereocenters. The lowest BCUT2D eigenvalue weighted by molar-refractivity contribution is 0.292. The highest BCUT2D eigenvalue weighted by Crippen LogP contribution is 2.27. The van der Waals surface area contributed by atoms with Crippen LogP contribution in [0.4, 0.5) is 22.0 Å². The Morgan fingerprint density at radius 2 is 1.57 bits per heavy atom. The number of aryl methyl sites for hydroxylation is 1. The molecule has 0 aromatic heterocycles. The molecular weight excluding hydrogens is 375 g/mol. The number of ether oxygens (including phenoxy) is 1. The molecule has 0 aliphatic rings. The maximum Gasteiger partial charge on any atom is 0.195 e. The lowest BCUT2D eigenvalue weighted by Gasteiger charge is -2.11. The third-order valence-corrected chi connectivity index (χ3v) is 4.36. The van der Waals surface area contributed by atoms with E-state index < -0.39 is 35.7 Å². The molecule has 0 aliphatic carbocycles. The zero-order valence-electron chi connectivity index (χ0n) is 15.0. The van der Waals surface area contributed by atoms with Crippen LogP contribution in [-0.4, -0.2) is 0 Å². The van der Waals surface area contributed by atoms with E-state index in [9.17, 15) is 22.0 Å². The minimum absolute atomic E-state index is 0.0779. The van der Waals surface area contributed by atoms with Gasteiger partial charge in [-0.2, -0.15) is 0 Å². The molecule has 3 aromatic rings. The van der Waals surface area contributed by atoms with E-state index in [1.807, 2.05) is 19.1 Å². The highest BCUT2D eigenvalue weighted by molar-refractivity contribution is 5.84. The molecule has 6 heteroatoms. The summed E-state index contributed by atoms with van der Waals surface area (Å²) in [5.41, 5.74) is 0.293. The largest absolute Gasteiger partial charge is 0.489 e. The third kappa shape index (κ3) is 4.16. The number of allylic oxidation sites excluding steroid dienone is 2. The van der Waals surface area contributed by atoms with Crippen LogP contribution in [0.3, 0.4) is 0 Å². The van der Waals surface area contributed by atoms with Gasteiger partial charge in [-0.05, 0) is 67.1 Å². The second-order valence-electron chi connectivity index (χ2n) is 6.30. The van der Waals surface area contributed by atoms with Crippen LogP contribution in [-0.2, 0) is 13.0 Å². The normalized spacial score (nSPS) is 11.5. The van der Waals surface area contributed by atoms with Crippen molar-refractivity contribution in [3.8, 4) is 5.75 Å². The number of halogens is 5. The van der Waals surface area contributed by atoms with Crippen LogP contribution in [0.25, 0.3) is 10.8 Å². The van der Waals surface area contributed by atoms with Crippen molar-refractivity contribution >= 4 is 10.8 Å². The number of rotatable bonds is 6. The first kappa shape index (κ1) is 19.9. The Morgan fingerprint density at radius 3 is 2.25 bits per heavy atom. The summed E-state index contributed by atoms with van der Waals surface area (Å²) in [6.07, 6.45) is 4.96. The Labute approximate surface area is 159 Å². The van der Waals surface area contributed by atoms with Crippen LogP contribution >= 0.6 is 0 Å². The molecule has 0 bridgehead atoms. The lowest BCUT2D eigenvalue weighted by Crippen LogP contribution is -2.04. The fourth-order valence-electron chi connectivity index (χ4n) is 2.88. The van der Waals surface area contributed by atoms with Crippen LogP contribution in [0.1, 0.15) is 24.5 Å². The summed E-state index contributed by atoms with van der Waals surface area (Å²) in [6, 6.07) is 7.19. The van der Waals surface area contributed by atoms with E-state index >= 15 is 0 Å². The van der Waals surface area contributed by atoms with Gasteiger partial charge in [-0.15, -0.1) is 0 Å². The van der Waals surface area contributed by atoms with Gasteiger partial charge in [-0.25, -0.2) is 22.0 Å². The molecule has 3 aromatic carbocycles. The first-order valence-corrected chi connectivity index (χ1v) is 8.68. The van der Waals surface area contributed by atoms with E-state index in [2.05, 4.69) is 0 Å². The number of hydrogen-bond acceptors (Lipinski definition) is 1. The topological polar surface area (TPSA) is 9.23 Å². The molecule has 0 radical (unpaired) electrons. The molecule has 0 N–H and O–H groups in total. The van der Waals surface area contributed by atoms with Crippen LogP contribution in [0.5, 0.6) is 5.75 Å². The highest BCUT2D eigenvalue weighted by atomic mass is 19.2. The number of fused-ring (bicyclic) bond motifs is 1. The van der Waals surface area contributed by atoms with Crippen molar-refractivity contribution < 1.29 is 26.7 Å². The molecule has 0 heterocycles. The van der Waals surface area contributed by atoms with Gasteiger partial charge in [0.2, 0.25) is 0 Å². The Bertz CT molecular complexity index is 1020. The van der Waals surface area contributed by atoms with Crippen molar-refractivity contribution in [2.24, 2.45) is 0 Å². The molecular formula is C22H17F5O. The Morgan fingerprint density at radius 1 is 0.857 bits per heavy atom. The molecule has 0 saturated heterocycles. The minimum atomic E-state index is -1.56. The van der Waals surface area contributed by atoms with Crippen LogP contribution < -0.4 is 4.74 Å². The first-order valence-electron chi connectivity index (χ1n) is 8.68. The van der Waals surface area contributed by atoms with E-state index in [4.69, 9.17) is 4.74 Å². The zero-order valence-corrected chi connectivity index (χ0v) is 15.0. The van der Waals surface area contributed by atoms with E-state index in [0.717, 1.165) is 6.07 Å². The lowest BCUT2D eigenvalue weighted by atomic mass is 10.1. The summed E-state index contributed by atoms with van der Waals surface area (Å²) in [7, 11) is 0. The van der Waals surface area contributed by atoms with Gasteiger partial charge in [0.05, 0.1) is 5.56 Å². The van der Waals surface area contributed by atoms with E-state index in [1.165, 1.54) is 30.3 Å². The van der Waals surface area contributed by atoms with Crippen molar-refractivity contribution in [3.63, 3.8) is 0 Å². The third-order valence-electron chi connectivity index (χ3n) is 4.36. The molecule has 1 nitrogen and oxygen atoms in total. The first-order chi connectivity index (χ1) is 13.4. The SMILES string of the molecule is C/C=C/CCc1cc(F)c(COc2ccc3c(F)c(F)c(F)cc3c2)c(F)c1. The molecule has 0 atom stereocenters. The summed E-state index contributed by atoms with van der Waals surface area (Å²) in [6.45, 7) is 1.47. The predicted molar refractivity (Wildman–Crippen MR) is 97.6 cm³/mol. The monoisotopic (exact) mass is 392 g/mol. The van der Waals surface area contributed by atoms with Crippen LogP contribution in [0, 0.1) is 29.1 Å². The minimum Gasteiger partial charge on any atom is -0.489 e. The van der Waals surface area contributed by atoms with Crippen molar-refractivity contribution in [1.82, 2.24) is 0 Å². The fraction of sp³-hybridized carbons (Fsp3) is 0.182. The smallest absolute Gasteiger partial charge is 0.195 e. The Balaban J connectivity index is 1.79. The maximum absolute atomic E-state index is 14.2. The molecule has 146 valence electrons. The molecule has 0 amide bonds. The van der Waals surface area contributed by atoms with Gasteiger partial charge in [0.1, 0.15) is 24.0 Å². The van der Waals surface area contributed by atoms with Crippen molar-refractivity contribution in [2.45, 2.75) is 26.4 Å². The van der Waals surface area contributed by atoms with Gasteiger partial charge < -0.3 is 4.74 Å². The fourth-order valence-corrected chi connectivity index (χ4v) is 2.88. The van der Waals surface area contributed by atoms with E-state index in [1.54, 1.807) is 0 Å². The van der Waals surface area contributed by atoms with Gasteiger partial charge in [-0.1, -0.05) is 12.2 Å². The maximum atomic E-state index is 14.2. The predicted octanol–water partition coefficient (Wildman–Crippen LogP) is 6.62. The average Bonchev–Trinajstić information content (AvgIpc) is 2.65. The second-order valence-corrected chi connectivity index (χ2v) is 6.30. The quantitative estimate of drug-likeness (QED) is 0.260. The van der Waals surface area contributed by atoms with E-state index in [-0.39, 0.29) is 22.1 Å². The molecule has 0 fully saturated rings. The summed E-state index contributed by atoms with van der Waals surface area (Å²) in [5, 5.41) is -0.0386. The summed E-state index contributed by atoms with van der Waals surface area (Å²) < 4.78 is 74.3. The average molecular weight is 392 g/mol. The molecule has 0 saturated carbocycles. The molecule has 0 aliphatic heterocycles.